The summed E-state index contributed by atoms with van der Waals surface area (Å²) in [5.41, 5.74) is 3.10. The van der Waals surface area contributed by atoms with E-state index in [1.54, 1.807) is 0 Å². The normalized spacial score (nSPS) is 14.7. The zero-order valence-electron chi connectivity index (χ0n) is 25.4. The molecule has 0 aromatic carbocycles. The van der Waals surface area contributed by atoms with Crippen LogP contribution in [0.2, 0.25) is 0 Å². The van der Waals surface area contributed by atoms with Crippen molar-refractivity contribution in [2.45, 2.75) is 141 Å². The smallest absolute Gasteiger partial charge is 0.335 e. The second-order valence-electron chi connectivity index (χ2n) is 11.6. The number of rotatable bonds is 23. The standard InChI is InChI=1S/C23H48N2O.C6H12O7/c1-6-21-25(4,5)24-23(26)20-18-16-14-12-10-8-7-9-11-13-15-17-19-22(2)3;7-1-2(8)3(9)4(10)5(11)6(12)13/h22H,6-21H2,1-5H3;2-5,7-11H,1H2,(H,12,13)/p+1/t;2-,3-,4+,5-/m.1/s1. The van der Waals surface area contributed by atoms with Crippen molar-refractivity contribution in [3.05, 3.63) is 0 Å². The number of hydrogen-bond donors (Lipinski definition) is 7. The number of nitrogens with zero attached hydrogens (tertiary/aromatic N) is 1. The fourth-order valence-electron chi connectivity index (χ4n) is 4.28. The van der Waals surface area contributed by atoms with Crippen molar-refractivity contribution >= 4 is 11.9 Å². The van der Waals surface area contributed by atoms with Gasteiger partial charge in [-0.15, -0.1) is 0 Å². The van der Waals surface area contributed by atoms with Crippen LogP contribution in [0.5, 0.6) is 0 Å². The molecule has 0 aliphatic rings. The number of nitrogens with one attached hydrogen (secondary N) is 1. The number of carboxylic acid groups (broad SMARTS) is 1. The molecule has 0 heterocycles. The fraction of sp³-hybridized carbons (Fsp3) is 0.931. The van der Waals surface area contributed by atoms with Gasteiger partial charge in [0.05, 0.1) is 20.7 Å². The molecule has 0 saturated heterocycles. The zero-order chi connectivity index (χ0) is 30.3. The Bertz CT molecular complexity index is 604. The molecule has 0 aliphatic carbocycles. The molecule has 0 unspecified atom stereocenters. The van der Waals surface area contributed by atoms with Gasteiger partial charge in [-0.05, 0) is 18.8 Å². The third-order valence-corrected chi connectivity index (χ3v) is 6.65. The van der Waals surface area contributed by atoms with Crippen LogP contribution in [0.3, 0.4) is 0 Å². The Balaban J connectivity index is 0. The number of carboxylic acids is 1. The summed E-state index contributed by atoms with van der Waals surface area (Å²) in [6.45, 7) is 6.94. The van der Waals surface area contributed by atoms with Gasteiger partial charge < -0.3 is 30.6 Å². The van der Waals surface area contributed by atoms with Crippen molar-refractivity contribution < 1.29 is 44.8 Å². The number of amides is 1. The van der Waals surface area contributed by atoms with Gasteiger partial charge in [-0.1, -0.05) is 97.8 Å². The Kier molecular flexibility index (Phi) is 25.0. The van der Waals surface area contributed by atoms with Crippen molar-refractivity contribution in [1.29, 1.82) is 0 Å². The lowest BCUT2D eigenvalue weighted by Crippen LogP contribution is -2.54. The Hall–Kier alpha value is -1.30. The summed E-state index contributed by atoms with van der Waals surface area (Å²) in [5.74, 6) is -0.648. The second kappa shape index (κ2) is 24.5. The van der Waals surface area contributed by atoms with Gasteiger partial charge in [0.25, 0.3) is 5.91 Å². The summed E-state index contributed by atoms with van der Waals surface area (Å²) >= 11 is 0. The largest absolute Gasteiger partial charge is 0.479 e. The molecule has 234 valence electrons. The number of aliphatic carboxylic acids is 1. The number of carbonyl (C=O) groups excluding carboxylic acids is 1. The molecule has 10 nitrogen and oxygen atoms in total. The van der Waals surface area contributed by atoms with Crippen LogP contribution in [0, 0.1) is 5.92 Å². The lowest BCUT2D eigenvalue weighted by atomic mass is 10.0. The van der Waals surface area contributed by atoms with E-state index in [0.717, 1.165) is 25.3 Å². The van der Waals surface area contributed by atoms with Gasteiger partial charge in [-0.2, -0.15) is 0 Å². The predicted molar refractivity (Wildman–Crippen MR) is 154 cm³/mol. The molecule has 0 aromatic heterocycles. The Morgan fingerprint density at radius 1 is 0.744 bits per heavy atom. The molecule has 0 spiro atoms. The van der Waals surface area contributed by atoms with E-state index in [4.69, 9.17) is 30.6 Å². The fourth-order valence-corrected chi connectivity index (χ4v) is 4.28. The summed E-state index contributed by atoms with van der Waals surface area (Å²) in [5, 5.41) is 51.8. The average molecular weight is 566 g/mol. The van der Waals surface area contributed by atoms with E-state index in [-0.39, 0.29) is 5.91 Å². The molecule has 0 aromatic rings. The highest BCUT2D eigenvalue weighted by atomic mass is 16.4. The van der Waals surface area contributed by atoms with Crippen LogP contribution in [0.25, 0.3) is 0 Å². The van der Waals surface area contributed by atoms with E-state index in [9.17, 15) is 9.59 Å². The number of aliphatic hydroxyl groups excluding tert-OH is 5. The van der Waals surface area contributed by atoms with E-state index >= 15 is 0 Å². The first-order valence-corrected chi connectivity index (χ1v) is 15.0. The van der Waals surface area contributed by atoms with Gasteiger partial charge in [0.2, 0.25) is 0 Å². The number of aliphatic hydroxyl groups is 5. The maximum atomic E-state index is 11.9. The minimum atomic E-state index is -2.20. The molecule has 7 N–H and O–H groups in total. The molecule has 0 radical (unpaired) electrons. The topological polar surface area (TPSA) is 168 Å². The maximum Gasteiger partial charge on any atom is 0.335 e. The van der Waals surface area contributed by atoms with Crippen LogP contribution >= 0.6 is 0 Å². The third kappa shape index (κ3) is 24.2. The van der Waals surface area contributed by atoms with E-state index < -0.39 is 37.0 Å². The van der Waals surface area contributed by atoms with E-state index in [0.29, 0.717) is 11.0 Å². The summed E-state index contributed by atoms with van der Waals surface area (Å²) in [6, 6.07) is 0. The summed E-state index contributed by atoms with van der Waals surface area (Å²) < 4.78 is 0.604. The minimum Gasteiger partial charge on any atom is -0.479 e. The average Bonchev–Trinajstić information content (AvgIpc) is 2.86. The van der Waals surface area contributed by atoms with Crippen molar-refractivity contribution in [2.75, 3.05) is 27.2 Å². The Morgan fingerprint density at radius 2 is 1.18 bits per heavy atom. The van der Waals surface area contributed by atoms with E-state index in [2.05, 4.69) is 40.3 Å². The van der Waals surface area contributed by atoms with Gasteiger partial charge in [0.15, 0.2) is 6.10 Å². The molecule has 10 heteroatoms. The molecule has 0 rings (SSSR count). The SMILES string of the molecule is CCC[N+](C)(C)NC(=O)CCCCCCCCCCCCCCC(C)C.O=C(O)[C@H](O)[C@@H](O)[C@H](O)[C@H](O)CO. The van der Waals surface area contributed by atoms with Crippen LogP contribution in [0.4, 0.5) is 0 Å². The summed E-state index contributed by atoms with van der Waals surface area (Å²) in [4.78, 5) is 22.0. The van der Waals surface area contributed by atoms with Gasteiger partial charge in [0, 0.05) is 6.42 Å². The molecular formula is C29H61N2O8+. The van der Waals surface area contributed by atoms with Crippen molar-refractivity contribution in [1.82, 2.24) is 5.43 Å². The van der Waals surface area contributed by atoms with Crippen molar-refractivity contribution in [3.63, 3.8) is 0 Å². The Labute approximate surface area is 237 Å². The first-order chi connectivity index (χ1) is 18.3. The van der Waals surface area contributed by atoms with Gasteiger partial charge in [-0.25, -0.2) is 14.8 Å². The van der Waals surface area contributed by atoms with E-state index in [1.165, 1.54) is 77.0 Å². The van der Waals surface area contributed by atoms with Crippen molar-refractivity contribution in [3.8, 4) is 0 Å². The van der Waals surface area contributed by atoms with Gasteiger partial charge in [-0.3, -0.25) is 4.79 Å². The first kappa shape index (κ1) is 39.8. The highest BCUT2D eigenvalue weighted by molar-refractivity contribution is 5.74. The lowest BCUT2D eigenvalue weighted by molar-refractivity contribution is -0.925. The molecular weight excluding hydrogens is 504 g/mol. The van der Waals surface area contributed by atoms with E-state index in [1.807, 2.05) is 0 Å². The highest BCUT2D eigenvalue weighted by Crippen LogP contribution is 2.14. The minimum absolute atomic E-state index is 0.205. The van der Waals surface area contributed by atoms with Crippen molar-refractivity contribution in [2.24, 2.45) is 5.92 Å². The van der Waals surface area contributed by atoms with Crippen LogP contribution in [0.15, 0.2) is 0 Å². The second-order valence-corrected chi connectivity index (χ2v) is 11.6. The number of carbonyl (C=O) groups is 2. The van der Waals surface area contributed by atoms with Crippen LogP contribution in [0.1, 0.15) is 117 Å². The van der Waals surface area contributed by atoms with Crippen LogP contribution < -0.4 is 5.43 Å². The number of quaternary nitrogens is 1. The van der Waals surface area contributed by atoms with Crippen LogP contribution in [-0.4, -0.2) is 98.8 Å². The zero-order valence-corrected chi connectivity index (χ0v) is 25.4. The van der Waals surface area contributed by atoms with Gasteiger partial charge in [0.1, 0.15) is 24.9 Å². The first-order valence-electron chi connectivity index (χ1n) is 15.0. The Morgan fingerprint density at radius 3 is 1.56 bits per heavy atom. The quantitative estimate of drug-likeness (QED) is 0.0563. The number of unbranched alkanes of at least 4 members (excludes halogenated alkanes) is 11. The molecule has 0 bridgehead atoms. The molecule has 0 saturated carbocycles. The third-order valence-electron chi connectivity index (χ3n) is 6.65. The highest BCUT2D eigenvalue weighted by Gasteiger charge is 2.33. The van der Waals surface area contributed by atoms with Crippen LogP contribution in [-0.2, 0) is 9.59 Å². The summed E-state index contributed by atoms with van der Waals surface area (Å²) in [7, 11) is 4.13. The lowest BCUT2D eigenvalue weighted by Gasteiger charge is -2.28. The monoisotopic (exact) mass is 565 g/mol. The molecule has 4 atom stereocenters. The molecule has 0 fully saturated rings. The maximum absolute atomic E-state index is 11.9. The van der Waals surface area contributed by atoms with Gasteiger partial charge >= 0.3 is 5.97 Å². The summed E-state index contributed by atoms with van der Waals surface area (Å²) in [6.07, 6.45) is 11.5. The molecule has 0 aliphatic heterocycles. The molecule has 39 heavy (non-hydrogen) atoms. The number of hydrogen-bond acceptors (Lipinski definition) is 7. The predicted octanol–water partition coefficient (Wildman–Crippen LogP) is 3.13. The molecule has 1 amide bonds.